The van der Waals surface area contributed by atoms with E-state index in [2.05, 4.69) is 20.8 Å². The Morgan fingerprint density at radius 1 is 1.29 bits per heavy atom. The van der Waals surface area contributed by atoms with Gasteiger partial charge in [-0.2, -0.15) is 0 Å². The first kappa shape index (κ1) is 25.1. The van der Waals surface area contributed by atoms with Gasteiger partial charge in [-0.15, -0.1) is 16.9 Å². The van der Waals surface area contributed by atoms with Crippen molar-refractivity contribution in [2.75, 3.05) is 11.5 Å². The number of thiocarbonyl (C=S) groups is 1. The van der Waals surface area contributed by atoms with Crippen LogP contribution in [0.25, 0.3) is 0 Å². The zero-order chi connectivity index (χ0) is 25.1. The highest BCUT2D eigenvalue weighted by atomic mass is 32.2. The number of carbonyl (C=O) groups excluding carboxylic acids is 1. The van der Waals surface area contributed by atoms with E-state index >= 15 is 0 Å². The summed E-state index contributed by atoms with van der Waals surface area (Å²) in [5.74, 6) is -2.11. The molecule has 4 rings (SSSR count). The number of benzene rings is 1. The van der Waals surface area contributed by atoms with Gasteiger partial charge in [0.25, 0.3) is 5.91 Å². The quantitative estimate of drug-likeness (QED) is 0.183. The first-order chi connectivity index (χ1) is 16.8. The molecule has 2 aromatic rings. The number of β-lactam (4-membered cyclic amide) rings is 1. The lowest BCUT2D eigenvalue weighted by Gasteiger charge is -2.49. The first-order valence-corrected chi connectivity index (χ1v) is 12.8. The summed E-state index contributed by atoms with van der Waals surface area (Å²) in [6, 6.07) is 7.03. The summed E-state index contributed by atoms with van der Waals surface area (Å²) in [5.41, 5.74) is 8.19. The van der Waals surface area contributed by atoms with Crippen molar-refractivity contribution >= 4 is 58.6 Å². The van der Waals surface area contributed by atoms with Crippen LogP contribution in [-0.4, -0.2) is 81.1 Å². The average molecular weight is 536 g/mol. The van der Waals surface area contributed by atoms with Crippen molar-refractivity contribution in [3.63, 3.8) is 0 Å². The second-order valence-corrected chi connectivity index (χ2v) is 10.2. The van der Waals surface area contributed by atoms with E-state index < -0.39 is 29.9 Å². The lowest BCUT2D eigenvalue weighted by Crippen LogP contribution is -2.70. The lowest BCUT2D eigenvalue weighted by atomic mass is 10.0. The summed E-state index contributed by atoms with van der Waals surface area (Å²) < 4.78 is 1.12. The zero-order valence-corrected chi connectivity index (χ0v) is 20.6. The summed E-state index contributed by atoms with van der Waals surface area (Å²) in [6.07, 6.45) is 0.429. The minimum atomic E-state index is -1.21. The molecule has 12 nitrogen and oxygen atoms in total. The van der Waals surface area contributed by atoms with Crippen LogP contribution < -0.4 is 11.1 Å². The molecule has 1 unspecified atom stereocenters. The molecule has 0 saturated carbocycles. The predicted octanol–water partition coefficient (Wildman–Crippen LogP) is 0.0906. The summed E-state index contributed by atoms with van der Waals surface area (Å²) in [4.78, 5) is 37.7. The highest BCUT2D eigenvalue weighted by Crippen LogP contribution is 2.41. The van der Waals surface area contributed by atoms with E-state index in [4.69, 9.17) is 23.1 Å². The average Bonchev–Trinajstić information content (AvgIpc) is 3.26. The summed E-state index contributed by atoms with van der Waals surface area (Å²) in [6.45, 7) is -0.0335. The van der Waals surface area contributed by atoms with Crippen LogP contribution in [0.3, 0.4) is 0 Å². The third-order valence-corrected chi connectivity index (χ3v) is 8.06. The third-order valence-electron chi connectivity index (χ3n) is 5.42. The standard InChI is InChI=1S/C20H21N7O5S3/c21-6-11-4-2-1-3-10(11)5-13(33)22-15-17(30)27-16(19(31)32)12(8-34-18(15)27)9-35-20-23-24-25-26(20)7-14(28)29/h1-4,15,18H,5-9,21H2,(H,22,33)(H,28,29)(H,31,32)/t15?,18-/m1/s1. The Labute approximate surface area is 213 Å². The SMILES string of the molecule is NCc1ccccc1CC(=S)NC1C(=O)N2C(C(=O)O)=C(CSc3nnnn3CC(=O)O)CS[C@H]12. The molecular formula is C20H21N7O5S3. The molecule has 5 N–H and O–H groups in total. The van der Waals surface area contributed by atoms with Crippen LogP contribution in [0.4, 0.5) is 0 Å². The second-order valence-electron chi connectivity index (χ2n) is 7.66. The lowest BCUT2D eigenvalue weighted by molar-refractivity contribution is -0.148. The normalized spacial score (nSPS) is 19.2. The van der Waals surface area contributed by atoms with Gasteiger partial charge in [-0.05, 0) is 27.1 Å². The molecule has 35 heavy (non-hydrogen) atoms. The highest BCUT2D eigenvalue weighted by Gasteiger charge is 2.53. The number of carboxylic acid groups (broad SMARTS) is 2. The number of carboxylic acids is 2. The number of carbonyl (C=O) groups is 3. The molecule has 0 spiro atoms. The smallest absolute Gasteiger partial charge is 0.352 e. The van der Waals surface area contributed by atoms with Gasteiger partial charge in [0.05, 0.1) is 4.99 Å². The van der Waals surface area contributed by atoms with E-state index in [9.17, 15) is 19.5 Å². The van der Waals surface area contributed by atoms with Gasteiger partial charge in [-0.3, -0.25) is 14.5 Å². The molecule has 0 aliphatic carbocycles. The van der Waals surface area contributed by atoms with Crippen molar-refractivity contribution in [2.45, 2.75) is 36.1 Å². The van der Waals surface area contributed by atoms with Gasteiger partial charge < -0.3 is 21.3 Å². The Morgan fingerprint density at radius 2 is 2.03 bits per heavy atom. The molecule has 2 aliphatic heterocycles. The van der Waals surface area contributed by atoms with Crippen LogP contribution >= 0.6 is 35.7 Å². The van der Waals surface area contributed by atoms with Crippen molar-refractivity contribution in [1.82, 2.24) is 30.4 Å². The fourth-order valence-corrected chi connectivity index (χ4v) is 6.44. The molecular weight excluding hydrogens is 514 g/mol. The number of hydrogen-bond donors (Lipinski definition) is 4. The van der Waals surface area contributed by atoms with E-state index in [1.54, 1.807) is 0 Å². The Balaban J connectivity index is 1.43. The van der Waals surface area contributed by atoms with Gasteiger partial charge in [0.1, 0.15) is 23.7 Å². The molecule has 0 radical (unpaired) electrons. The van der Waals surface area contributed by atoms with Crippen molar-refractivity contribution < 1.29 is 24.6 Å². The van der Waals surface area contributed by atoms with Gasteiger partial charge >= 0.3 is 11.9 Å². The van der Waals surface area contributed by atoms with E-state index in [0.29, 0.717) is 29.3 Å². The van der Waals surface area contributed by atoms with Crippen molar-refractivity contribution in [3.05, 3.63) is 46.7 Å². The fraction of sp³-hybridized carbons (Fsp3) is 0.350. The maximum atomic E-state index is 12.9. The Bertz CT molecular complexity index is 1220. The summed E-state index contributed by atoms with van der Waals surface area (Å²) in [5, 5.41) is 32.6. The number of nitrogens with zero attached hydrogens (tertiary/aromatic N) is 5. The van der Waals surface area contributed by atoms with E-state index in [1.807, 2.05) is 24.3 Å². The van der Waals surface area contributed by atoms with Crippen LogP contribution in [0.1, 0.15) is 11.1 Å². The molecule has 2 atom stereocenters. The van der Waals surface area contributed by atoms with Crippen LogP contribution in [0.15, 0.2) is 40.7 Å². The van der Waals surface area contributed by atoms with Gasteiger partial charge in [-0.25, -0.2) is 9.48 Å². The number of amides is 1. The molecule has 1 aromatic heterocycles. The molecule has 184 valence electrons. The van der Waals surface area contributed by atoms with Gasteiger partial charge in [0, 0.05) is 24.5 Å². The number of tetrazole rings is 1. The zero-order valence-electron chi connectivity index (χ0n) is 18.2. The Hall–Kier alpha value is -3.01. The topological polar surface area (TPSA) is 177 Å². The van der Waals surface area contributed by atoms with Crippen LogP contribution in [0.5, 0.6) is 0 Å². The minimum absolute atomic E-state index is 0.0686. The molecule has 0 bridgehead atoms. The third kappa shape index (κ3) is 5.32. The maximum Gasteiger partial charge on any atom is 0.352 e. The minimum Gasteiger partial charge on any atom is -0.480 e. The van der Waals surface area contributed by atoms with Crippen molar-refractivity contribution in [1.29, 1.82) is 0 Å². The molecule has 3 heterocycles. The summed E-state index contributed by atoms with van der Waals surface area (Å²) in [7, 11) is 0. The first-order valence-electron chi connectivity index (χ1n) is 10.4. The number of thioether (sulfide) groups is 2. The van der Waals surface area contributed by atoms with E-state index in [1.165, 1.54) is 16.7 Å². The van der Waals surface area contributed by atoms with Crippen molar-refractivity contribution in [3.8, 4) is 0 Å². The fourth-order valence-electron chi connectivity index (χ4n) is 3.80. The largest absolute Gasteiger partial charge is 0.480 e. The summed E-state index contributed by atoms with van der Waals surface area (Å²) >= 11 is 8.02. The number of rotatable bonds is 10. The van der Waals surface area contributed by atoms with Crippen LogP contribution in [-0.2, 0) is 33.9 Å². The second kappa shape index (κ2) is 10.7. The Kier molecular flexibility index (Phi) is 7.69. The maximum absolute atomic E-state index is 12.9. The predicted molar refractivity (Wildman–Crippen MR) is 131 cm³/mol. The Morgan fingerprint density at radius 3 is 2.71 bits per heavy atom. The number of fused-ring (bicyclic) bond motifs is 1. The number of aliphatic carboxylic acids is 2. The highest BCUT2D eigenvalue weighted by molar-refractivity contribution is 8.01. The number of aromatic nitrogens is 4. The monoisotopic (exact) mass is 535 g/mol. The van der Waals surface area contributed by atoms with Crippen LogP contribution in [0.2, 0.25) is 0 Å². The van der Waals surface area contributed by atoms with Gasteiger partial charge in [0.15, 0.2) is 0 Å². The molecule has 1 fully saturated rings. The molecule has 1 saturated heterocycles. The van der Waals surface area contributed by atoms with Crippen molar-refractivity contribution in [2.24, 2.45) is 5.73 Å². The van der Waals surface area contributed by atoms with E-state index in [-0.39, 0.29) is 22.5 Å². The van der Waals surface area contributed by atoms with Gasteiger partial charge in [-0.1, -0.05) is 48.2 Å². The molecule has 2 aliphatic rings. The molecule has 15 heteroatoms. The number of nitrogens with two attached hydrogens (primary N) is 1. The molecule has 1 amide bonds. The van der Waals surface area contributed by atoms with Crippen LogP contribution in [0, 0.1) is 0 Å². The van der Waals surface area contributed by atoms with E-state index in [0.717, 1.165) is 27.6 Å². The number of hydrogen-bond acceptors (Lipinski definition) is 10. The molecule has 1 aromatic carbocycles. The van der Waals surface area contributed by atoms with Gasteiger partial charge in [0.2, 0.25) is 5.16 Å². The number of nitrogens with one attached hydrogen (secondary N) is 1.